The summed E-state index contributed by atoms with van der Waals surface area (Å²) < 4.78 is 1.29. The van der Waals surface area contributed by atoms with Crippen LogP contribution in [0.3, 0.4) is 0 Å². The second kappa shape index (κ2) is 7.81. The Morgan fingerprint density at radius 3 is 2.39 bits per heavy atom. The maximum atomic E-state index is 3.47. The highest BCUT2D eigenvalue weighted by atomic mass is 127. The van der Waals surface area contributed by atoms with Gasteiger partial charge in [0.05, 0.1) is 0 Å². The van der Waals surface area contributed by atoms with Gasteiger partial charge in [0.2, 0.25) is 0 Å². The van der Waals surface area contributed by atoms with Crippen molar-refractivity contribution < 1.29 is 0 Å². The minimum atomic E-state index is 0.951. The molecular weight excluding hydrogens is 353 g/mol. The van der Waals surface area contributed by atoms with E-state index in [1.165, 1.54) is 14.0 Å². The van der Waals surface area contributed by atoms with Crippen molar-refractivity contribution in [1.29, 1.82) is 0 Å². The van der Waals surface area contributed by atoms with Crippen LogP contribution in [0.5, 0.6) is 0 Å². The molecule has 0 radical (unpaired) electrons. The van der Waals surface area contributed by atoms with Crippen molar-refractivity contribution in [1.82, 2.24) is 5.32 Å². The molecule has 3 heteroatoms. The Kier molecular flexibility index (Phi) is 6.04. The third-order valence-corrected chi connectivity index (χ3v) is 4.27. The Labute approximate surface area is 127 Å². The van der Waals surface area contributed by atoms with E-state index >= 15 is 0 Å². The molecule has 2 aromatic carbocycles. The summed E-state index contributed by atoms with van der Waals surface area (Å²) in [5.74, 6) is 1.11. The Hall–Kier alpha value is -0.520. The molecule has 0 fully saturated rings. The fraction of sp³-hybridized carbons (Fsp3) is 0.200. The lowest BCUT2D eigenvalue weighted by molar-refractivity contribution is 0.732. The zero-order valence-electron chi connectivity index (χ0n) is 10.1. The summed E-state index contributed by atoms with van der Waals surface area (Å²) in [6, 6.07) is 19.2. The van der Waals surface area contributed by atoms with E-state index in [0.717, 1.165) is 18.8 Å². The summed E-state index contributed by atoms with van der Waals surface area (Å²) >= 11 is 4.22. The van der Waals surface area contributed by atoms with Gasteiger partial charge in [-0.2, -0.15) is 0 Å². The predicted octanol–water partition coefficient (Wildman–Crippen LogP) is 4.17. The number of rotatable bonds is 6. The van der Waals surface area contributed by atoms with Crippen LogP contribution in [0.2, 0.25) is 0 Å². The molecule has 0 spiro atoms. The van der Waals surface area contributed by atoms with Crippen molar-refractivity contribution >= 4 is 34.4 Å². The average molecular weight is 369 g/mol. The number of thioether (sulfide) groups is 1. The van der Waals surface area contributed by atoms with Gasteiger partial charge in [-0.3, -0.25) is 0 Å². The lowest BCUT2D eigenvalue weighted by Gasteiger charge is -2.05. The lowest BCUT2D eigenvalue weighted by Crippen LogP contribution is -2.16. The van der Waals surface area contributed by atoms with E-state index < -0.39 is 0 Å². The quantitative estimate of drug-likeness (QED) is 0.466. The number of benzene rings is 2. The fourth-order valence-corrected chi connectivity index (χ4v) is 2.78. The molecule has 0 atom stereocenters. The van der Waals surface area contributed by atoms with Crippen molar-refractivity contribution in [3.63, 3.8) is 0 Å². The molecule has 94 valence electrons. The second-order valence-corrected chi connectivity index (χ2v) is 6.38. The minimum Gasteiger partial charge on any atom is -0.312 e. The third kappa shape index (κ3) is 5.00. The van der Waals surface area contributed by atoms with Crippen LogP contribution in [-0.4, -0.2) is 12.3 Å². The van der Waals surface area contributed by atoms with Crippen LogP contribution in [0.1, 0.15) is 5.56 Å². The first-order chi connectivity index (χ1) is 8.84. The topological polar surface area (TPSA) is 12.0 Å². The third-order valence-electron chi connectivity index (χ3n) is 2.53. The summed E-state index contributed by atoms with van der Waals surface area (Å²) in [5, 5.41) is 3.47. The molecule has 0 aliphatic carbocycles. The first-order valence-corrected chi connectivity index (χ1v) is 8.04. The molecule has 1 N–H and O–H groups in total. The van der Waals surface area contributed by atoms with Crippen molar-refractivity contribution in [2.75, 3.05) is 12.3 Å². The molecular formula is C15H16INS. The van der Waals surface area contributed by atoms with Crippen LogP contribution < -0.4 is 5.32 Å². The minimum absolute atomic E-state index is 0.951. The number of hydrogen-bond acceptors (Lipinski definition) is 2. The first-order valence-electron chi connectivity index (χ1n) is 5.97. The zero-order valence-corrected chi connectivity index (χ0v) is 13.1. The van der Waals surface area contributed by atoms with Gasteiger partial charge in [-0.15, -0.1) is 11.8 Å². The van der Waals surface area contributed by atoms with Crippen molar-refractivity contribution in [2.24, 2.45) is 0 Å². The van der Waals surface area contributed by atoms with Crippen molar-refractivity contribution in [3.05, 3.63) is 63.7 Å². The Bertz CT molecular complexity index is 456. The van der Waals surface area contributed by atoms with E-state index in [1.807, 2.05) is 11.8 Å². The van der Waals surface area contributed by atoms with Gasteiger partial charge in [-0.25, -0.2) is 0 Å². The summed E-state index contributed by atoms with van der Waals surface area (Å²) in [5.41, 5.74) is 1.35. The van der Waals surface area contributed by atoms with E-state index in [-0.39, 0.29) is 0 Å². The van der Waals surface area contributed by atoms with Gasteiger partial charge in [-0.05, 0) is 52.4 Å². The average Bonchev–Trinajstić information content (AvgIpc) is 2.42. The van der Waals surface area contributed by atoms with E-state index in [2.05, 4.69) is 82.5 Å². The molecule has 0 aromatic heterocycles. The Morgan fingerprint density at radius 1 is 0.944 bits per heavy atom. The largest absolute Gasteiger partial charge is 0.312 e. The van der Waals surface area contributed by atoms with E-state index in [0.29, 0.717) is 0 Å². The van der Waals surface area contributed by atoms with Crippen LogP contribution in [-0.2, 0) is 6.54 Å². The fourth-order valence-electron chi connectivity index (χ4n) is 1.59. The summed E-state index contributed by atoms with van der Waals surface area (Å²) in [4.78, 5) is 1.34. The number of halogens is 1. The molecule has 0 saturated heterocycles. The molecule has 2 rings (SSSR count). The first kappa shape index (κ1) is 13.9. The van der Waals surface area contributed by atoms with Crippen LogP contribution in [0.25, 0.3) is 0 Å². The molecule has 0 aliphatic rings. The highest BCUT2D eigenvalue weighted by molar-refractivity contribution is 14.1. The van der Waals surface area contributed by atoms with Crippen LogP contribution in [0.4, 0.5) is 0 Å². The summed E-state index contributed by atoms with van der Waals surface area (Å²) in [6.07, 6.45) is 0. The van der Waals surface area contributed by atoms with Crippen molar-refractivity contribution in [2.45, 2.75) is 11.4 Å². The van der Waals surface area contributed by atoms with Gasteiger partial charge in [0.25, 0.3) is 0 Å². The molecule has 0 aliphatic heterocycles. The smallest absolute Gasteiger partial charge is 0.0205 e. The molecule has 0 unspecified atom stereocenters. The van der Waals surface area contributed by atoms with Gasteiger partial charge in [0.15, 0.2) is 0 Å². The van der Waals surface area contributed by atoms with Crippen LogP contribution in [0, 0.1) is 3.57 Å². The lowest BCUT2D eigenvalue weighted by atomic mass is 10.2. The van der Waals surface area contributed by atoms with Gasteiger partial charge in [0, 0.05) is 27.3 Å². The molecule has 0 heterocycles. The monoisotopic (exact) mass is 369 g/mol. The SMILES string of the molecule is Ic1ccc(CNCCSc2ccccc2)cc1. The van der Waals surface area contributed by atoms with Gasteiger partial charge in [-0.1, -0.05) is 30.3 Å². The maximum absolute atomic E-state index is 3.47. The molecule has 0 bridgehead atoms. The Balaban J connectivity index is 1.63. The normalized spacial score (nSPS) is 10.5. The van der Waals surface area contributed by atoms with Gasteiger partial charge in [0.1, 0.15) is 0 Å². The standard InChI is InChI=1S/C15H16INS/c16-14-8-6-13(7-9-14)12-17-10-11-18-15-4-2-1-3-5-15/h1-9,17H,10-12H2. The van der Waals surface area contributed by atoms with Crippen molar-refractivity contribution in [3.8, 4) is 0 Å². The van der Waals surface area contributed by atoms with Gasteiger partial charge >= 0.3 is 0 Å². The second-order valence-electron chi connectivity index (χ2n) is 3.96. The predicted molar refractivity (Wildman–Crippen MR) is 88.0 cm³/mol. The highest BCUT2D eigenvalue weighted by Crippen LogP contribution is 2.15. The zero-order chi connectivity index (χ0) is 12.6. The molecule has 1 nitrogen and oxygen atoms in total. The highest BCUT2D eigenvalue weighted by Gasteiger charge is 1.94. The summed E-state index contributed by atoms with van der Waals surface area (Å²) in [6.45, 7) is 1.98. The molecule has 18 heavy (non-hydrogen) atoms. The summed E-state index contributed by atoms with van der Waals surface area (Å²) in [7, 11) is 0. The number of nitrogens with one attached hydrogen (secondary N) is 1. The van der Waals surface area contributed by atoms with E-state index in [1.54, 1.807) is 0 Å². The van der Waals surface area contributed by atoms with Crippen LogP contribution >= 0.6 is 34.4 Å². The van der Waals surface area contributed by atoms with E-state index in [4.69, 9.17) is 0 Å². The number of hydrogen-bond donors (Lipinski definition) is 1. The van der Waals surface area contributed by atoms with Crippen LogP contribution in [0.15, 0.2) is 59.5 Å². The van der Waals surface area contributed by atoms with E-state index in [9.17, 15) is 0 Å². The Morgan fingerprint density at radius 2 is 1.67 bits per heavy atom. The molecule has 0 saturated carbocycles. The molecule has 0 amide bonds. The molecule has 2 aromatic rings. The van der Waals surface area contributed by atoms with Gasteiger partial charge < -0.3 is 5.32 Å². The maximum Gasteiger partial charge on any atom is 0.0205 e.